The summed E-state index contributed by atoms with van der Waals surface area (Å²) in [5.74, 6) is 1.19. The third kappa shape index (κ3) is 4.51. The highest BCUT2D eigenvalue weighted by Crippen LogP contribution is 2.20. The van der Waals surface area contributed by atoms with Gasteiger partial charge in [0, 0.05) is 13.2 Å². The van der Waals surface area contributed by atoms with Crippen LogP contribution < -0.4 is 16.4 Å². The van der Waals surface area contributed by atoms with Crippen molar-refractivity contribution in [2.45, 2.75) is 44.6 Å². The van der Waals surface area contributed by atoms with E-state index in [1.54, 1.807) is 7.11 Å². The standard InChI is InChI=1S/C12H22N6O/c1-19-8-14-11-16-10(13)17-12(18-11)15-9-6-4-2-3-5-7-9/h9H,2-8H2,1H3,(H4,13,14,15,16,17,18). The minimum atomic E-state index is 0.213. The molecule has 0 bridgehead atoms. The first-order valence-electron chi connectivity index (χ1n) is 6.79. The number of aromatic nitrogens is 3. The van der Waals surface area contributed by atoms with E-state index >= 15 is 0 Å². The maximum atomic E-state index is 5.68. The number of rotatable bonds is 5. The Bertz CT molecular complexity index is 392. The largest absolute Gasteiger partial charge is 0.368 e. The van der Waals surface area contributed by atoms with Gasteiger partial charge in [-0.25, -0.2) is 0 Å². The van der Waals surface area contributed by atoms with Crippen LogP contribution in [0, 0.1) is 0 Å². The van der Waals surface area contributed by atoms with Gasteiger partial charge in [0.25, 0.3) is 0 Å². The van der Waals surface area contributed by atoms with Gasteiger partial charge < -0.3 is 21.1 Å². The Balaban J connectivity index is 1.99. The van der Waals surface area contributed by atoms with Crippen LogP contribution in [0.3, 0.4) is 0 Å². The summed E-state index contributed by atoms with van der Waals surface area (Å²) in [5, 5.41) is 6.28. The maximum absolute atomic E-state index is 5.68. The summed E-state index contributed by atoms with van der Waals surface area (Å²) in [6, 6.07) is 0.430. The molecule has 4 N–H and O–H groups in total. The summed E-state index contributed by atoms with van der Waals surface area (Å²) in [4.78, 5) is 12.4. The fourth-order valence-corrected chi connectivity index (χ4v) is 2.28. The molecule has 0 aromatic carbocycles. The predicted molar refractivity (Wildman–Crippen MR) is 74.9 cm³/mol. The molecule has 0 unspecified atom stereocenters. The van der Waals surface area contributed by atoms with Crippen molar-refractivity contribution in [2.75, 3.05) is 30.2 Å². The molecule has 0 spiro atoms. The molecule has 1 aliphatic carbocycles. The molecule has 1 heterocycles. The van der Waals surface area contributed by atoms with Crippen molar-refractivity contribution in [3.63, 3.8) is 0 Å². The van der Waals surface area contributed by atoms with E-state index < -0.39 is 0 Å². The third-order valence-electron chi connectivity index (χ3n) is 3.22. The number of methoxy groups -OCH3 is 1. The molecule has 2 rings (SSSR count). The zero-order valence-corrected chi connectivity index (χ0v) is 11.4. The molecule has 1 aromatic heterocycles. The van der Waals surface area contributed by atoms with E-state index in [4.69, 9.17) is 10.5 Å². The van der Waals surface area contributed by atoms with E-state index in [-0.39, 0.29) is 5.95 Å². The molecule has 1 fully saturated rings. The summed E-state index contributed by atoms with van der Waals surface area (Å²) in [6.45, 7) is 0.340. The molecule has 7 nitrogen and oxygen atoms in total. The van der Waals surface area contributed by atoms with Crippen molar-refractivity contribution in [1.29, 1.82) is 0 Å². The van der Waals surface area contributed by atoms with Crippen LogP contribution in [0.1, 0.15) is 38.5 Å². The number of nitrogen functional groups attached to an aromatic ring is 1. The molecule has 0 amide bonds. The summed E-state index contributed by atoms with van der Waals surface area (Å²) >= 11 is 0. The van der Waals surface area contributed by atoms with Crippen LogP contribution in [0.15, 0.2) is 0 Å². The molecule has 7 heteroatoms. The van der Waals surface area contributed by atoms with Crippen molar-refractivity contribution < 1.29 is 4.74 Å². The molecule has 106 valence electrons. The van der Waals surface area contributed by atoms with Crippen molar-refractivity contribution in [3.8, 4) is 0 Å². The maximum Gasteiger partial charge on any atom is 0.231 e. The van der Waals surface area contributed by atoms with Gasteiger partial charge in [0.1, 0.15) is 6.73 Å². The number of nitrogens with two attached hydrogens (primary N) is 1. The predicted octanol–water partition coefficient (Wildman–Crippen LogP) is 1.60. The number of ether oxygens (including phenoxy) is 1. The highest BCUT2D eigenvalue weighted by molar-refractivity contribution is 5.40. The van der Waals surface area contributed by atoms with Crippen LogP contribution >= 0.6 is 0 Å². The minimum Gasteiger partial charge on any atom is -0.368 e. The fourth-order valence-electron chi connectivity index (χ4n) is 2.28. The second-order valence-corrected chi connectivity index (χ2v) is 4.78. The lowest BCUT2D eigenvalue weighted by atomic mass is 10.1. The van der Waals surface area contributed by atoms with Crippen LogP contribution in [0.25, 0.3) is 0 Å². The summed E-state index contributed by atoms with van der Waals surface area (Å²) in [7, 11) is 1.60. The molecule has 0 radical (unpaired) electrons. The minimum absolute atomic E-state index is 0.213. The average molecular weight is 266 g/mol. The molecule has 1 aromatic rings. The first-order valence-corrected chi connectivity index (χ1v) is 6.79. The van der Waals surface area contributed by atoms with Gasteiger partial charge in [-0.2, -0.15) is 15.0 Å². The third-order valence-corrected chi connectivity index (χ3v) is 3.22. The topological polar surface area (TPSA) is 98.0 Å². The molecule has 1 aliphatic rings. The Kier molecular flexibility index (Phi) is 5.14. The van der Waals surface area contributed by atoms with Crippen molar-refractivity contribution in [2.24, 2.45) is 0 Å². The number of anilines is 3. The molecular formula is C12H22N6O. The molecule has 19 heavy (non-hydrogen) atoms. The van der Waals surface area contributed by atoms with Crippen LogP contribution in [-0.2, 0) is 4.74 Å². The normalized spacial score (nSPS) is 16.9. The molecule has 0 atom stereocenters. The summed E-state index contributed by atoms with van der Waals surface area (Å²) in [6.07, 6.45) is 7.47. The Hall–Kier alpha value is -1.63. The van der Waals surface area contributed by atoms with Gasteiger partial charge >= 0.3 is 0 Å². The van der Waals surface area contributed by atoms with Gasteiger partial charge in [-0.05, 0) is 12.8 Å². The fraction of sp³-hybridized carbons (Fsp3) is 0.750. The van der Waals surface area contributed by atoms with Gasteiger partial charge in [-0.15, -0.1) is 0 Å². The molecule has 1 saturated carbocycles. The Morgan fingerprint density at radius 1 is 1.11 bits per heavy atom. The Morgan fingerprint density at radius 2 is 1.79 bits per heavy atom. The van der Waals surface area contributed by atoms with Gasteiger partial charge in [-0.3, -0.25) is 0 Å². The van der Waals surface area contributed by atoms with Crippen molar-refractivity contribution in [3.05, 3.63) is 0 Å². The van der Waals surface area contributed by atoms with Crippen LogP contribution in [0.5, 0.6) is 0 Å². The number of hydrogen-bond donors (Lipinski definition) is 3. The number of nitrogens with one attached hydrogen (secondary N) is 2. The highest BCUT2D eigenvalue weighted by atomic mass is 16.5. The van der Waals surface area contributed by atoms with Crippen LogP contribution in [0.2, 0.25) is 0 Å². The zero-order valence-electron chi connectivity index (χ0n) is 11.4. The van der Waals surface area contributed by atoms with Gasteiger partial charge in [-0.1, -0.05) is 25.7 Å². The molecule has 0 saturated heterocycles. The smallest absolute Gasteiger partial charge is 0.231 e. The van der Waals surface area contributed by atoms with Crippen LogP contribution in [0.4, 0.5) is 17.8 Å². The Labute approximate surface area is 113 Å². The van der Waals surface area contributed by atoms with Gasteiger partial charge in [0.2, 0.25) is 17.8 Å². The highest BCUT2D eigenvalue weighted by Gasteiger charge is 2.14. The van der Waals surface area contributed by atoms with Gasteiger partial charge in [0.05, 0.1) is 0 Å². The van der Waals surface area contributed by atoms with Gasteiger partial charge in [0.15, 0.2) is 0 Å². The summed E-state index contributed by atoms with van der Waals surface area (Å²) in [5.41, 5.74) is 5.68. The van der Waals surface area contributed by atoms with E-state index in [2.05, 4.69) is 25.6 Å². The second-order valence-electron chi connectivity index (χ2n) is 4.78. The first kappa shape index (κ1) is 13.8. The zero-order chi connectivity index (χ0) is 13.5. The van der Waals surface area contributed by atoms with E-state index in [1.807, 2.05) is 0 Å². The lowest BCUT2D eigenvalue weighted by Gasteiger charge is -2.16. The lowest BCUT2D eigenvalue weighted by molar-refractivity contribution is 0.220. The van der Waals surface area contributed by atoms with Crippen molar-refractivity contribution in [1.82, 2.24) is 15.0 Å². The molecular weight excluding hydrogens is 244 g/mol. The van der Waals surface area contributed by atoms with Crippen molar-refractivity contribution >= 4 is 17.8 Å². The van der Waals surface area contributed by atoms with E-state index in [0.29, 0.717) is 24.7 Å². The Morgan fingerprint density at radius 3 is 2.47 bits per heavy atom. The lowest BCUT2D eigenvalue weighted by Crippen LogP contribution is -2.21. The summed E-state index contributed by atoms with van der Waals surface area (Å²) < 4.78 is 4.92. The average Bonchev–Trinajstić information content (AvgIpc) is 2.64. The quantitative estimate of drug-likeness (QED) is 0.550. The van der Waals surface area contributed by atoms with E-state index in [1.165, 1.54) is 25.7 Å². The number of hydrogen-bond acceptors (Lipinski definition) is 7. The monoisotopic (exact) mass is 266 g/mol. The number of nitrogens with zero attached hydrogens (tertiary/aromatic N) is 3. The van der Waals surface area contributed by atoms with Crippen LogP contribution in [-0.4, -0.2) is 34.8 Å². The molecule has 0 aliphatic heterocycles. The van der Waals surface area contributed by atoms with E-state index in [9.17, 15) is 0 Å². The SMILES string of the molecule is COCNc1nc(N)nc(NC2CCCCCC2)n1. The second kappa shape index (κ2) is 7.08. The van der Waals surface area contributed by atoms with E-state index in [0.717, 1.165) is 12.8 Å². The first-order chi connectivity index (χ1) is 9.28.